The Bertz CT molecular complexity index is 638. The Kier molecular flexibility index (Phi) is 3.03. The van der Waals surface area contributed by atoms with Crippen LogP contribution in [0.15, 0.2) is 30.5 Å². The normalized spacial score (nSPS) is 17.3. The van der Waals surface area contributed by atoms with Gasteiger partial charge in [0, 0.05) is 6.20 Å². The van der Waals surface area contributed by atoms with Crippen LogP contribution in [0.2, 0.25) is 5.02 Å². The summed E-state index contributed by atoms with van der Waals surface area (Å²) < 4.78 is 13.6. The van der Waals surface area contributed by atoms with E-state index >= 15 is 0 Å². The molecule has 2 aromatic rings. The summed E-state index contributed by atoms with van der Waals surface area (Å²) in [6.45, 7) is 0. The van der Waals surface area contributed by atoms with Crippen molar-refractivity contribution in [2.75, 3.05) is 0 Å². The lowest BCUT2D eigenvalue weighted by atomic mass is 10.1. The number of aromatic nitrogens is 1. The van der Waals surface area contributed by atoms with Crippen LogP contribution in [0.5, 0.6) is 0 Å². The highest BCUT2D eigenvalue weighted by Gasteiger charge is 2.26. The van der Waals surface area contributed by atoms with E-state index in [0.29, 0.717) is 22.7 Å². The smallest absolute Gasteiger partial charge is 0.268 e. The molecule has 1 amide bonds. The van der Waals surface area contributed by atoms with Crippen LogP contribution < -0.4 is 5.32 Å². The fraction of sp³-hybridized carbons (Fsp3) is 0.214. The number of H-pyrrole nitrogens is 1. The third-order valence-corrected chi connectivity index (χ3v) is 3.63. The van der Waals surface area contributed by atoms with Gasteiger partial charge in [-0.2, -0.15) is 0 Å². The molecule has 1 unspecified atom stereocenters. The SMILES string of the molecule is O=C(NC1CCc2c(F)cccc21)c1cc(Cl)c[nH]1. The van der Waals surface area contributed by atoms with Crippen LogP contribution in [0.1, 0.15) is 34.1 Å². The standard InChI is InChI=1S/C14H12ClFN2O/c15-8-6-13(17-7-8)14(19)18-12-5-4-9-10(12)2-1-3-11(9)16/h1-3,6-7,12,17H,4-5H2,(H,18,19). The summed E-state index contributed by atoms with van der Waals surface area (Å²) in [6.07, 6.45) is 2.92. The molecule has 0 saturated heterocycles. The molecule has 0 saturated carbocycles. The van der Waals surface area contributed by atoms with Crippen molar-refractivity contribution >= 4 is 17.5 Å². The van der Waals surface area contributed by atoms with Crippen LogP contribution in [-0.4, -0.2) is 10.9 Å². The number of rotatable bonds is 2. The number of aromatic amines is 1. The summed E-state index contributed by atoms with van der Waals surface area (Å²) in [6, 6.07) is 6.41. The Morgan fingerprint density at radius 2 is 2.32 bits per heavy atom. The van der Waals surface area contributed by atoms with Gasteiger partial charge >= 0.3 is 0 Å². The van der Waals surface area contributed by atoms with Gasteiger partial charge in [0.15, 0.2) is 0 Å². The van der Waals surface area contributed by atoms with Crippen LogP contribution >= 0.6 is 11.6 Å². The van der Waals surface area contributed by atoms with Crippen LogP contribution in [0, 0.1) is 5.82 Å². The van der Waals surface area contributed by atoms with Crippen molar-refractivity contribution in [2.24, 2.45) is 0 Å². The number of carbonyl (C=O) groups is 1. The van der Waals surface area contributed by atoms with Gasteiger partial charge in [0.2, 0.25) is 0 Å². The molecule has 2 N–H and O–H groups in total. The zero-order valence-electron chi connectivity index (χ0n) is 10.0. The highest BCUT2D eigenvalue weighted by molar-refractivity contribution is 6.30. The predicted octanol–water partition coefficient (Wildman–Crippen LogP) is 3.22. The van der Waals surface area contributed by atoms with Crippen molar-refractivity contribution in [3.63, 3.8) is 0 Å². The van der Waals surface area contributed by atoms with Gasteiger partial charge in [-0.15, -0.1) is 0 Å². The first-order valence-corrected chi connectivity index (χ1v) is 6.45. The predicted molar refractivity (Wildman–Crippen MR) is 70.7 cm³/mol. The van der Waals surface area contributed by atoms with Gasteiger partial charge in [-0.05, 0) is 36.1 Å². The molecule has 3 nitrogen and oxygen atoms in total. The summed E-state index contributed by atoms with van der Waals surface area (Å²) in [7, 11) is 0. The second-order valence-corrected chi connectivity index (χ2v) is 5.04. The minimum atomic E-state index is -0.228. The molecule has 1 aromatic heterocycles. The molecule has 1 aliphatic carbocycles. The first kappa shape index (κ1) is 12.2. The lowest BCUT2D eigenvalue weighted by Crippen LogP contribution is -2.27. The van der Waals surface area contributed by atoms with E-state index in [9.17, 15) is 9.18 Å². The van der Waals surface area contributed by atoms with E-state index in [1.54, 1.807) is 18.3 Å². The highest BCUT2D eigenvalue weighted by Crippen LogP contribution is 2.32. The second-order valence-electron chi connectivity index (χ2n) is 4.60. The molecule has 19 heavy (non-hydrogen) atoms. The van der Waals surface area contributed by atoms with E-state index in [-0.39, 0.29) is 17.8 Å². The number of nitrogens with one attached hydrogen (secondary N) is 2. The summed E-state index contributed by atoms with van der Waals surface area (Å²) in [4.78, 5) is 14.8. The van der Waals surface area contributed by atoms with E-state index in [1.165, 1.54) is 6.07 Å². The van der Waals surface area contributed by atoms with Crippen molar-refractivity contribution in [3.8, 4) is 0 Å². The number of halogens is 2. The molecular formula is C14H12ClFN2O. The molecule has 1 aliphatic rings. The molecule has 1 heterocycles. The van der Waals surface area contributed by atoms with Crippen molar-refractivity contribution in [1.82, 2.24) is 10.3 Å². The molecule has 1 aromatic carbocycles. The summed E-state index contributed by atoms with van der Waals surface area (Å²) in [5.41, 5.74) is 1.98. The largest absolute Gasteiger partial charge is 0.356 e. The topological polar surface area (TPSA) is 44.9 Å². The monoisotopic (exact) mass is 278 g/mol. The zero-order chi connectivity index (χ0) is 13.4. The van der Waals surface area contributed by atoms with Crippen molar-refractivity contribution in [3.05, 3.63) is 58.1 Å². The Labute approximate surface area is 114 Å². The summed E-state index contributed by atoms with van der Waals surface area (Å²) >= 11 is 5.76. The van der Waals surface area contributed by atoms with Crippen LogP contribution in [0.25, 0.3) is 0 Å². The van der Waals surface area contributed by atoms with E-state index in [1.807, 2.05) is 6.07 Å². The number of benzene rings is 1. The Morgan fingerprint density at radius 3 is 3.05 bits per heavy atom. The molecule has 98 valence electrons. The molecule has 0 radical (unpaired) electrons. The molecule has 1 atom stereocenters. The number of carbonyl (C=O) groups excluding carboxylic acids is 1. The molecule has 0 spiro atoms. The second kappa shape index (κ2) is 4.70. The van der Waals surface area contributed by atoms with Gasteiger partial charge in [-0.1, -0.05) is 23.7 Å². The lowest BCUT2D eigenvalue weighted by Gasteiger charge is -2.13. The maximum absolute atomic E-state index is 13.6. The fourth-order valence-corrected chi connectivity index (χ4v) is 2.66. The summed E-state index contributed by atoms with van der Waals surface area (Å²) in [5, 5.41) is 3.39. The third-order valence-electron chi connectivity index (χ3n) is 3.41. The minimum Gasteiger partial charge on any atom is -0.356 e. The first-order chi connectivity index (χ1) is 9.15. The maximum Gasteiger partial charge on any atom is 0.268 e. The highest BCUT2D eigenvalue weighted by atomic mass is 35.5. The van der Waals surface area contributed by atoms with Gasteiger partial charge in [-0.25, -0.2) is 4.39 Å². The van der Waals surface area contributed by atoms with Gasteiger partial charge in [-0.3, -0.25) is 4.79 Å². The van der Waals surface area contributed by atoms with E-state index in [0.717, 1.165) is 12.0 Å². The third kappa shape index (κ3) is 2.24. The molecule has 5 heteroatoms. The van der Waals surface area contributed by atoms with E-state index in [2.05, 4.69) is 10.3 Å². The van der Waals surface area contributed by atoms with Crippen LogP contribution in [-0.2, 0) is 6.42 Å². The number of fused-ring (bicyclic) bond motifs is 1. The molecule has 3 rings (SSSR count). The van der Waals surface area contributed by atoms with Gasteiger partial charge in [0.25, 0.3) is 5.91 Å². The van der Waals surface area contributed by atoms with Gasteiger partial charge in [0.05, 0.1) is 11.1 Å². The molecular weight excluding hydrogens is 267 g/mol. The number of amides is 1. The van der Waals surface area contributed by atoms with Crippen LogP contribution in [0.4, 0.5) is 4.39 Å². The fourth-order valence-electron chi connectivity index (χ4n) is 2.49. The van der Waals surface area contributed by atoms with E-state index < -0.39 is 0 Å². The van der Waals surface area contributed by atoms with Gasteiger partial charge < -0.3 is 10.3 Å². The molecule has 0 aliphatic heterocycles. The first-order valence-electron chi connectivity index (χ1n) is 6.07. The minimum absolute atomic E-state index is 0.139. The average molecular weight is 279 g/mol. The van der Waals surface area contributed by atoms with Crippen LogP contribution in [0.3, 0.4) is 0 Å². The Hall–Kier alpha value is -1.81. The average Bonchev–Trinajstić information content (AvgIpc) is 2.98. The number of hydrogen-bond acceptors (Lipinski definition) is 1. The Morgan fingerprint density at radius 1 is 1.47 bits per heavy atom. The molecule has 0 bridgehead atoms. The molecule has 0 fully saturated rings. The number of hydrogen-bond donors (Lipinski definition) is 2. The van der Waals surface area contributed by atoms with E-state index in [4.69, 9.17) is 11.6 Å². The zero-order valence-corrected chi connectivity index (χ0v) is 10.8. The van der Waals surface area contributed by atoms with Crippen molar-refractivity contribution < 1.29 is 9.18 Å². The maximum atomic E-state index is 13.6. The van der Waals surface area contributed by atoms with Crippen molar-refractivity contribution in [2.45, 2.75) is 18.9 Å². The Balaban J connectivity index is 1.80. The van der Waals surface area contributed by atoms with Gasteiger partial charge in [0.1, 0.15) is 11.5 Å². The summed E-state index contributed by atoms with van der Waals surface area (Å²) in [5.74, 6) is -0.425. The van der Waals surface area contributed by atoms with Crippen molar-refractivity contribution in [1.29, 1.82) is 0 Å². The quantitative estimate of drug-likeness (QED) is 0.870. The lowest BCUT2D eigenvalue weighted by molar-refractivity contribution is 0.0932.